The van der Waals surface area contributed by atoms with Crippen molar-refractivity contribution in [2.24, 2.45) is 0 Å². The van der Waals surface area contributed by atoms with Crippen LogP contribution in [0.5, 0.6) is 0 Å². The van der Waals surface area contributed by atoms with E-state index in [0.29, 0.717) is 12.3 Å². The second-order valence-corrected chi connectivity index (χ2v) is 6.47. The van der Waals surface area contributed by atoms with E-state index in [9.17, 15) is 13.2 Å². The molecule has 0 bridgehead atoms. The van der Waals surface area contributed by atoms with Crippen molar-refractivity contribution in [1.82, 2.24) is 4.31 Å². The van der Waals surface area contributed by atoms with Crippen LogP contribution in [0.2, 0.25) is 0 Å². The fraction of sp³-hybridized carbons (Fsp3) is 0.875. The second kappa shape index (κ2) is 5.72. The van der Waals surface area contributed by atoms with Crippen LogP contribution in [0.25, 0.3) is 0 Å². The number of nitrogens with zero attached hydrogens (tertiary/aromatic N) is 1. The average molecular weight is 253 g/mol. The van der Waals surface area contributed by atoms with Crippen molar-refractivity contribution in [1.29, 1.82) is 0 Å². The predicted octanol–water partition coefficient (Wildman–Crippen LogP) is -0.0719. The highest BCUT2D eigenvalue weighted by Gasteiger charge is 2.24. The molecule has 0 spiro atoms. The molecule has 0 unspecified atom stereocenters. The number of sulfonamides is 1. The Morgan fingerprint density at radius 1 is 1.47 bits per heavy atom. The number of carbonyl (C=O) groups is 1. The number of esters is 1. The topological polar surface area (TPSA) is 63.7 Å². The summed E-state index contributed by atoms with van der Waals surface area (Å²) in [6, 6.07) is 0. The van der Waals surface area contributed by atoms with Gasteiger partial charge in [-0.2, -0.15) is 11.8 Å². The lowest BCUT2D eigenvalue weighted by atomic mass is 10.4. The molecule has 1 rings (SSSR count). The Balaban J connectivity index is 2.54. The molecule has 1 fully saturated rings. The Bertz CT molecular complexity index is 315. The molecule has 1 aliphatic rings. The molecule has 1 heterocycles. The van der Waals surface area contributed by atoms with Gasteiger partial charge in [-0.05, 0) is 0 Å². The molecular formula is C8H15NO4S2. The lowest BCUT2D eigenvalue weighted by molar-refractivity contribution is -0.140. The first-order valence-corrected chi connectivity index (χ1v) is 7.45. The Hall–Kier alpha value is -0.270. The molecule has 5 nitrogen and oxygen atoms in total. The number of hydrogen-bond acceptors (Lipinski definition) is 5. The average Bonchev–Trinajstić information content (AvgIpc) is 2.36. The fourth-order valence-corrected chi connectivity index (χ4v) is 4.25. The lowest BCUT2D eigenvalue weighted by Gasteiger charge is -2.18. The van der Waals surface area contributed by atoms with Crippen LogP contribution in [0, 0.1) is 0 Å². The third-order valence-electron chi connectivity index (χ3n) is 2.16. The number of ether oxygens (including phenoxy) is 1. The van der Waals surface area contributed by atoms with Crippen LogP contribution in [-0.4, -0.2) is 56.2 Å². The van der Waals surface area contributed by atoms with E-state index in [2.05, 4.69) is 4.74 Å². The molecule has 0 radical (unpaired) electrons. The number of methoxy groups -OCH3 is 1. The molecule has 88 valence electrons. The molecule has 0 aliphatic carbocycles. The smallest absolute Gasteiger partial charge is 0.306 e. The Kier molecular flexibility index (Phi) is 4.88. The van der Waals surface area contributed by atoms with E-state index >= 15 is 0 Å². The minimum absolute atomic E-state index is 0.125. The molecule has 0 aromatic heterocycles. The first kappa shape index (κ1) is 12.8. The van der Waals surface area contributed by atoms with E-state index in [4.69, 9.17) is 0 Å². The summed E-state index contributed by atoms with van der Waals surface area (Å²) in [4.78, 5) is 10.9. The van der Waals surface area contributed by atoms with Crippen molar-refractivity contribution in [3.63, 3.8) is 0 Å². The highest BCUT2D eigenvalue weighted by Crippen LogP contribution is 2.13. The largest absolute Gasteiger partial charge is 0.469 e. The van der Waals surface area contributed by atoms with Gasteiger partial charge in [0.1, 0.15) is 0 Å². The Morgan fingerprint density at radius 3 is 2.87 bits per heavy atom. The van der Waals surface area contributed by atoms with Crippen molar-refractivity contribution in [2.45, 2.75) is 6.42 Å². The summed E-state index contributed by atoms with van der Waals surface area (Å²) in [5.41, 5.74) is 0. The maximum absolute atomic E-state index is 11.7. The van der Waals surface area contributed by atoms with Gasteiger partial charge in [-0.1, -0.05) is 0 Å². The molecule has 0 aromatic carbocycles. The summed E-state index contributed by atoms with van der Waals surface area (Å²) in [7, 11) is -1.86. The van der Waals surface area contributed by atoms with Crippen molar-refractivity contribution >= 4 is 27.8 Å². The zero-order chi connectivity index (χ0) is 11.3. The maximum atomic E-state index is 11.7. The van der Waals surface area contributed by atoms with E-state index in [-0.39, 0.29) is 24.7 Å². The zero-order valence-corrected chi connectivity index (χ0v) is 10.3. The number of thioether (sulfide) groups is 1. The van der Waals surface area contributed by atoms with Crippen molar-refractivity contribution < 1.29 is 17.9 Å². The second-order valence-electron chi connectivity index (χ2n) is 3.15. The summed E-state index contributed by atoms with van der Waals surface area (Å²) >= 11 is 1.62. The van der Waals surface area contributed by atoms with Crippen LogP contribution in [0.1, 0.15) is 6.42 Å². The minimum atomic E-state index is -3.16. The standard InChI is InChI=1S/C8H15NO4S2/c1-13-8(10)2-3-9-4-5-14-6-7-15(9,11)12/h2-7H2,1H3. The SMILES string of the molecule is COC(=O)CCN1CCSCCS1(=O)=O. The van der Waals surface area contributed by atoms with Crippen LogP contribution >= 0.6 is 11.8 Å². The Morgan fingerprint density at radius 2 is 2.20 bits per heavy atom. The predicted molar refractivity (Wildman–Crippen MR) is 59.3 cm³/mol. The zero-order valence-electron chi connectivity index (χ0n) is 8.64. The molecule has 0 atom stereocenters. The first-order valence-electron chi connectivity index (χ1n) is 4.68. The molecule has 1 saturated heterocycles. The number of hydrogen-bond donors (Lipinski definition) is 0. The van der Waals surface area contributed by atoms with Gasteiger partial charge in [0.2, 0.25) is 10.0 Å². The number of rotatable bonds is 3. The van der Waals surface area contributed by atoms with E-state index in [1.807, 2.05) is 0 Å². The van der Waals surface area contributed by atoms with Crippen LogP contribution in [-0.2, 0) is 19.6 Å². The summed E-state index contributed by atoms with van der Waals surface area (Å²) < 4.78 is 29.2. The van der Waals surface area contributed by atoms with Gasteiger partial charge in [-0.3, -0.25) is 4.79 Å². The van der Waals surface area contributed by atoms with Gasteiger partial charge >= 0.3 is 5.97 Å². The van der Waals surface area contributed by atoms with Gasteiger partial charge in [0.05, 0.1) is 19.3 Å². The van der Waals surface area contributed by atoms with Gasteiger partial charge < -0.3 is 4.74 Å². The van der Waals surface area contributed by atoms with E-state index in [1.54, 1.807) is 11.8 Å². The van der Waals surface area contributed by atoms with Crippen LogP contribution in [0.4, 0.5) is 0 Å². The third kappa shape index (κ3) is 4.00. The van der Waals surface area contributed by atoms with Crippen LogP contribution in [0.3, 0.4) is 0 Å². The highest BCUT2D eigenvalue weighted by molar-refractivity contribution is 8.00. The molecule has 1 aliphatic heterocycles. The molecule has 7 heteroatoms. The van der Waals surface area contributed by atoms with Gasteiger partial charge in [-0.15, -0.1) is 0 Å². The van der Waals surface area contributed by atoms with Gasteiger partial charge in [-0.25, -0.2) is 12.7 Å². The van der Waals surface area contributed by atoms with Crippen LogP contribution < -0.4 is 0 Å². The van der Waals surface area contributed by atoms with Gasteiger partial charge in [0.25, 0.3) is 0 Å². The van der Waals surface area contributed by atoms with Crippen molar-refractivity contribution in [3.05, 3.63) is 0 Å². The van der Waals surface area contributed by atoms with E-state index in [0.717, 1.165) is 5.75 Å². The fourth-order valence-electron chi connectivity index (χ4n) is 1.27. The summed E-state index contributed by atoms with van der Waals surface area (Å²) in [6.45, 7) is 0.722. The summed E-state index contributed by atoms with van der Waals surface area (Å²) in [6.07, 6.45) is 0.125. The monoisotopic (exact) mass is 253 g/mol. The minimum Gasteiger partial charge on any atom is -0.469 e. The van der Waals surface area contributed by atoms with E-state index in [1.165, 1.54) is 11.4 Å². The number of carbonyl (C=O) groups excluding carboxylic acids is 1. The summed E-state index contributed by atoms with van der Waals surface area (Å²) in [5.74, 6) is 1.22. The van der Waals surface area contributed by atoms with Crippen molar-refractivity contribution in [2.75, 3.05) is 37.5 Å². The third-order valence-corrected chi connectivity index (χ3v) is 5.25. The van der Waals surface area contributed by atoms with Gasteiger partial charge in [0.15, 0.2) is 0 Å². The van der Waals surface area contributed by atoms with E-state index < -0.39 is 10.0 Å². The molecular weight excluding hydrogens is 238 g/mol. The molecule has 0 N–H and O–H groups in total. The lowest BCUT2D eigenvalue weighted by Crippen LogP contribution is -2.35. The molecule has 0 saturated carbocycles. The molecule has 0 aromatic rings. The highest BCUT2D eigenvalue weighted by atomic mass is 32.2. The van der Waals surface area contributed by atoms with Crippen molar-refractivity contribution in [3.8, 4) is 0 Å². The van der Waals surface area contributed by atoms with Crippen LogP contribution in [0.15, 0.2) is 0 Å². The molecule has 0 amide bonds. The first-order chi connectivity index (χ1) is 7.06. The summed E-state index contributed by atoms with van der Waals surface area (Å²) in [5, 5.41) is 0. The molecule has 15 heavy (non-hydrogen) atoms. The Labute approximate surface area is 94.2 Å². The normalized spacial score (nSPS) is 21.9. The quantitative estimate of drug-likeness (QED) is 0.659. The maximum Gasteiger partial charge on any atom is 0.306 e. The van der Waals surface area contributed by atoms with Gasteiger partial charge in [0, 0.05) is 24.6 Å².